The number of rotatable bonds is 3. The fourth-order valence-corrected chi connectivity index (χ4v) is 1.74. The number of hydrogen-bond donors (Lipinski definition) is 0. The zero-order valence-corrected chi connectivity index (χ0v) is 10.8. The maximum atomic E-state index is 11.4. The fraction of sp³-hybridized carbons (Fsp3) is 0.0769. The van der Waals surface area contributed by atoms with Gasteiger partial charge in [0.05, 0.1) is 5.56 Å². The van der Waals surface area contributed by atoms with E-state index in [1.54, 1.807) is 30.5 Å². The van der Waals surface area contributed by atoms with E-state index < -0.39 is 0 Å². The van der Waals surface area contributed by atoms with Crippen LogP contribution in [0.2, 0.25) is 0 Å². The minimum absolute atomic E-state index is 0.0272. The smallest absolute Gasteiger partial charge is 0.163 e. The second-order valence-corrected chi connectivity index (χ2v) is 4.20. The number of ether oxygens (including phenoxy) is 1. The number of carbonyl (C=O) groups is 1. The summed E-state index contributed by atoms with van der Waals surface area (Å²) in [6.45, 7) is 1.51. The Balaban J connectivity index is 2.37. The van der Waals surface area contributed by atoms with Crippen LogP contribution in [-0.4, -0.2) is 10.8 Å². The molecule has 0 aliphatic heterocycles. The van der Waals surface area contributed by atoms with E-state index in [-0.39, 0.29) is 5.78 Å². The van der Waals surface area contributed by atoms with Gasteiger partial charge in [0, 0.05) is 6.20 Å². The Morgan fingerprint density at radius 3 is 2.59 bits per heavy atom. The summed E-state index contributed by atoms with van der Waals surface area (Å²) in [6.07, 6.45) is 1.66. The van der Waals surface area contributed by atoms with Crippen molar-refractivity contribution in [3.8, 4) is 11.5 Å². The van der Waals surface area contributed by atoms with Gasteiger partial charge in [0.1, 0.15) is 10.4 Å². The number of para-hydroxylation sites is 1. The first-order valence-electron chi connectivity index (χ1n) is 5.07. The van der Waals surface area contributed by atoms with Gasteiger partial charge in [-0.2, -0.15) is 0 Å². The molecule has 0 radical (unpaired) electrons. The number of Topliss-reactive ketones (excluding diaryl/α,β-unsaturated/α-hetero) is 1. The number of ketones is 1. The zero-order valence-electron chi connectivity index (χ0n) is 9.18. The summed E-state index contributed by atoms with van der Waals surface area (Å²) in [5, 5.41) is 0. The van der Waals surface area contributed by atoms with Gasteiger partial charge in [-0.3, -0.25) is 4.79 Å². The second kappa shape index (κ2) is 5.10. The summed E-state index contributed by atoms with van der Waals surface area (Å²) in [5.74, 6) is 1.09. The van der Waals surface area contributed by atoms with Crippen molar-refractivity contribution in [2.24, 2.45) is 0 Å². The van der Waals surface area contributed by atoms with Crippen LogP contribution in [0, 0.1) is 0 Å². The highest BCUT2D eigenvalue weighted by Crippen LogP contribution is 2.29. The van der Waals surface area contributed by atoms with E-state index in [4.69, 9.17) is 4.74 Å². The lowest BCUT2D eigenvalue weighted by Gasteiger charge is -2.09. The van der Waals surface area contributed by atoms with Crippen molar-refractivity contribution in [3.63, 3.8) is 0 Å². The van der Waals surface area contributed by atoms with Crippen molar-refractivity contribution >= 4 is 21.7 Å². The van der Waals surface area contributed by atoms with E-state index in [1.807, 2.05) is 12.1 Å². The number of pyridine rings is 1. The van der Waals surface area contributed by atoms with Crippen molar-refractivity contribution in [1.82, 2.24) is 4.98 Å². The third-order valence-corrected chi connectivity index (χ3v) is 2.81. The van der Waals surface area contributed by atoms with Crippen molar-refractivity contribution in [2.75, 3.05) is 0 Å². The standard InChI is InChI=1S/C13H10BrNO2/c1-9(16)10-5-2-3-6-11(10)17-12-7-4-8-15-13(12)14/h2-8H,1H3. The van der Waals surface area contributed by atoms with Gasteiger partial charge in [-0.15, -0.1) is 0 Å². The molecular weight excluding hydrogens is 282 g/mol. The molecule has 4 heteroatoms. The zero-order chi connectivity index (χ0) is 12.3. The van der Waals surface area contributed by atoms with E-state index in [0.717, 1.165) is 0 Å². The summed E-state index contributed by atoms with van der Waals surface area (Å²) >= 11 is 3.29. The first-order valence-corrected chi connectivity index (χ1v) is 5.86. The van der Waals surface area contributed by atoms with Gasteiger partial charge in [0.25, 0.3) is 0 Å². The highest BCUT2D eigenvalue weighted by Gasteiger charge is 2.09. The molecule has 0 saturated carbocycles. The molecule has 86 valence electrons. The Labute approximate surface area is 108 Å². The lowest BCUT2D eigenvalue weighted by atomic mass is 10.1. The van der Waals surface area contributed by atoms with Crippen LogP contribution in [0.4, 0.5) is 0 Å². The molecule has 2 aromatic rings. The van der Waals surface area contributed by atoms with Gasteiger partial charge < -0.3 is 4.74 Å². The number of carbonyl (C=O) groups excluding carboxylic acids is 1. The number of nitrogens with zero attached hydrogens (tertiary/aromatic N) is 1. The quantitative estimate of drug-likeness (QED) is 0.637. The third kappa shape index (κ3) is 2.71. The highest BCUT2D eigenvalue weighted by molar-refractivity contribution is 9.10. The van der Waals surface area contributed by atoms with Crippen LogP contribution in [0.1, 0.15) is 17.3 Å². The lowest BCUT2D eigenvalue weighted by molar-refractivity contribution is 0.101. The maximum Gasteiger partial charge on any atom is 0.163 e. The average Bonchev–Trinajstić information content (AvgIpc) is 2.32. The van der Waals surface area contributed by atoms with Gasteiger partial charge in [0.15, 0.2) is 11.5 Å². The minimum atomic E-state index is -0.0272. The number of halogens is 1. The lowest BCUT2D eigenvalue weighted by Crippen LogP contribution is -1.97. The topological polar surface area (TPSA) is 39.2 Å². The summed E-state index contributed by atoms with van der Waals surface area (Å²) in [5.41, 5.74) is 0.559. The molecule has 0 atom stereocenters. The van der Waals surface area contributed by atoms with E-state index in [2.05, 4.69) is 20.9 Å². The van der Waals surface area contributed by atoms with Gasteiger partial charge >= 0.3 is 0 Å². The molecule has 17 heavy (non-hydrogen) atoms. The molecule has 0 saturated heterocycles. The Bertz CT molecular complexity index is 555. The molecule has 0 spiro atoms. The summed E-state index contributed by atoms with van der Waals surface area (Å²) < 4.78 is 6.28. The van der Waals surface area contributed by atoms with E-state index >= 15 is 0 Å². The summed E-state index contributed by atoms with van der Waals surface area (Å²) in [4.78, 5) is 15.5. The van der Waals surface area contributed by atoms with E-state index in [1.165, 1.54) is 6.92 Å². The molecule has 0 amide bonds. The molecule has 0 unspecified atom stereocenters. The molecule has 1 aromatic carbocycles. The van der Waals surface area contributed by atoms with Gasteiger partial charge in [0.2, 0.25) is 0 Å². The molecule has 0 aliphatic carbocycles. The van der Waals surface area contributed by atoms with E-state index in [0.29, 0.717) is 21.7 Å². The van der Waals surface area contributed by atoms with Crippen molar-refractivity contribution in [2.45, 2.75) is 6.92 Å². The van der Waals surface area contributed by atoms with Crippen LogP contribution in [0.3, 0.4) is 0 Å². The fourth-order valence-electron chi connectivity index (χ4n) is 1.41. The monoisotopic (exact) mass is 291 g/mol. The third-order valence-electron chi connectivity index (χ3n) is 2.21. The van der Waals surface area contributed by atoms with Crippen LogP contribution in [0.25, 0.3) is 0 Å². The SMILES string of the molecule is CC(=O)c1ccccc1Oc1cccnc1Br. The predicted molar refractivity (Wildman–Crippen MR) is 68.5 cm³/mol. The second-order valence-electron chi connectivity index (χ2n) is 3.45. The van der Waals surface area contributed by atoms with Gasteiger partial charge in [-0.1, -0.05) is 12.1 Å². The Morgan fingerprint density at radius 1 is 1.18 bits per heavy atom. The van der Waals surface area contributed by atoms with Gasteiger partial charge in [-0.05, 0) is 47.1 Å². The van der Waals surface area contributed by atoms with Gasteiger partial charge in [-0.25, -0.2) is 4.98 Å². The Hall–Kier alpha value is -1.68. The largest absolute Gasteiger partial charge is 0.454 e. The Morgan fingerprint density at radius 2 is 1.88 bits per heavy atom. The number of aromatic nitrogens is 1. The van der Waals surface area contributed by atoms with E-state index in [9.17, 15) is 4.79 Å². The molecule has 1 heterocycles. The average molecular weight is 292 g/mol. The molecule has 0 fully saturated rings. The summed E-state index contributed by atoms with van der Waals surface area (Å²) in [7, 11) is 0. The van der Waals surface area contributed by atoms with Crippen LogP contribution < -0.4 is 4.74 Å². The Kier molecular flexibility index (Phi) is 3.54. The van der Waals surface area contributed by atoms with Crippen LogP contribution >= 0.6 is 15.9 Å². The highest BCUT2D eigenvalue weighted by atomic mass is 79.9. The molecule has 0 bridgehead atoms. The molecule has 2 rings (SSSR count). The molecular formula is C13H10BrNO2. The van der Waals surface area contributed by atoms with Crippen molar-refractivity contribution in [3.05, 3.63) is 52.8 Å². The molecule has 1 aromatic heterocycles. The van der Waals surface area contributed by atoms with Crippen molar-refractivity contribution < 1.29 is 9.53 Å². The first-order chi connectivity index (χ1) is 8.18. The predicted octanol–water partition coefficient (Wildman–Crippen LogP) is 3.84. The molecule has 3 nitrogen and oxygen atoms in total. The first kappa shape index (κ1) is 11.8. The van der Waals surface area contributed by atoms with Crippen LogP contribution in [0.5, 0.6) is 11.5 Å². The van der Waals surface area contributed by atoms with Crippen LogP contribution in [0.15, 0.2) is 47.2 Å². The molecule has 0 N–H and O–H groups in total. The van der Waals surface area contributed by atoms with Crippen LogP contribution in [-0.2, 0) is 0 Å². The van der Waals surface area contributed by atoms with Crippen molar-refractivity contribution in [1.29, 1.82) is 0 Å². The minimum Gasteiger partial charge on any atom is -0.454 e. The normalized spacial score (nSPS) is 10.0. The molecule has 0 aliphatic rings. The number of hydrogen-bond acceptors (Lipinski definition) is 3. The number of benzene rings is 1. The summed E-state index contributed by atoms with van der Waals surface area (Å²) in [6, 6.07) is 10.7. The maximum absolute atomic E-state index is 11.4.